The van der Waals surface area contributed by atoms with Gasteiger partial charge in [0.25, 0.3) is 0 Å². The summed E-state index contributed by atoms with van der Waals surface area (Å²) in [6, 6.07) is 25.9. The molecule has 3 aromatic carbocycles. The van der Waals surface area contributed by atoms with Gasteiger partial charge < -0.3 is 4.74 Å². The summed E-state index contributed by atoms with van der Waals surface area (Å²) in [5.74, 6) is 0.617. The van der Waals surface area contributed by atoms with Crippen molar-refractivity contribution in [2.75, 3.05) is 0 Å². The molecule has 0 spiro atoms. The molecule has 4 nitrogen and oxygen atoms in total. The third-order valence-electron chi connectivity index (χ3n) is 5.60. The van der Waals surface area contributed by atoms with Crippen LogP contribution in [0.1, 0.15) is 32.6 Å². The summed E-state index contributed by atoms with van der Waals surface area (Å²) in [6.45, 7) is 1.14. The van der Waals surface area contributed by atoms with Gasteiger partial charge in [-0.05, 0) is 63.7 Å². The van der Waals surface area contributed by atoms with Crippen molar-refractivity contribution < 1.29 is 9.53 Å². The van der Waals surface area contributed by atoms with Gasteiger partial charge in [-0.3, -0.25) is 14.8 Å². The summed E-state index contributed by atoms with van der Waals surface area (Å²) in [5.41, 5.74) is 7.04. The third-order valence-corrected chi connectivity index (χ3v) is 5.60. The van der Waals surface area contributed by atoms with Crippen LogP contribution < -0.4 is 4.74 Å². The molecule has 0 aliphatic carbocycles. The number of carbonyl (C=O) groups excluding carboxylic acids is 1. The zero-order valence-corrected chi connectivity index (χ0v) is 17.6. The lowest BCUT2D eigenvalue weighted by atomic mass is 9.96. The standard InChI is InChI=1S/C28H22N2O2/c31-27(14-20-10-12-29-13-11-20)26-9-8-23(22-6-7-24-17-30-18-25(24)15-22)16-28(26)32-19-21-4-2-1-3-5-21/h1-13,15-16,18H,14,17,19H2. The Balaban J connectivity index is 1.47. The number of hydrogen-bond donors (Lipinski definition) is 0. The Labute approximate surface area is 187 Å². The Morgan fingerprint density at radius 3 is 2.47 bits per heavy atom. The van der Waals surface area contributed by atoms with E-state index < -0.39 is 0 Å². The number of hydrogen-bond acceptors (Lipinski definition) is 4. The SMILES string of the molecule is O=C(Cc1ccncc1)c1ccc(-c2ccc3c(c2)C=NC3)cc1OCc1ccccc1. The molecule has 4 heteroatoms. The summed E-state index contributed by atoms with van der Waals surface area (Å²) in [5, 5.41) is 0. The van der Waals surface area contributed by atoms with Crippen LogP contribution in [0.2, 0.25) is 0 Å². The van der Waals surface area contributed by atoms with Crippen LogP contribution in [0.4, 0.5) is 0 Å². The maximum Gasteiger partial charge on any atom is 0.170 e. The van der Waals surface area contributed by atoms with E-state index in [9.17, 15) is 4.79 Å². The maximum atomic E-state index is 13.1. The maximum absolute atomic E-state index is 13.1. The van der Waals surface area contributed by atoms with E-state index in [1.165, 1.54) is 5.56 Å². The van der Waals surface area contributed by atoms with Crippen molar-refractivity contribution in [3.05, 3.63) is 119 Å². The lowest BCUT2D eigenvalue weighted by molar-refractivity contribution is 0.0988. The molecule has 1 aromatic heterocycles. The molecule has 5 rings (SSSR count). The van der Waals surface area contributed by atoms with Crippen molar-refractivity contribution in [1.29, 1.82) is 0 Å². The fourth-order valence-corrected chi connectivity index (χ4v) is 3.85. The Bertz CT molecular complexity index is 1280. The highest BCUT2D eigenvalue weighted by Crippen LogP contribution is 2.31. The Morgan fingerprint density at radius 2 is 1.62 bits per heavy atom. The van der Waals surface area contributed by atoms with Gasteiger partial charge in [0, 0.05) is 25.0 Å². The highest BCUT2D eigenvalue weighted by Gasteiger charge is 2.16. The van der Waals surface area contributed by atoms with E-state index in [0.717, 1.165) is 34.4 Å². The van der Waals surface area contributed by atoms with Gasteiger partial charge in [-0.25, -0.2) is 0 Å². The van der Waals surface area contributed by atoms with Crippen LogP contribution in [0.15, 0.2) is 96.2 Å². The topological polar surface area (TPSA) is 51.5 Å². The molecule has 4 aromatic rings. The second-order valence-corrected chi connectivity index (χ2v) is 7.82. The average molecular weight is 418 g/mol. The number of nitrogens with zero attached hydrogens (tertiary/aromatic N) is 2. The number of ether oxygens (including phenoxy) is 1. The van der Waals surface area contributed by atoms with Gasteiger partial charge in [0.15, 0.2) is 5.78 Å². The van der Waals surface area contributed by atoms with E-state index in [1.54, 1.807) is 12.4 Å². The van der Waals surface area contributed by atoms with E-state index in [0.29, 0.717) is 24.3 Å². The molecule has 0 radical (unpaired) electrons. The Morgan fingerprint density at radius 1 is 0.844 bits per heavy atom. The molecule has 0 saturated carbocycles. The van der Waals surface area contributed by atoms with Crippen molar-refractivity contribution in [2.45, 2.75) is 19.6 Å². The van der Waals surface area contributed by atoms with Gasteiger partial charge in [0.05, 0.1) is 12.1 Å². The molecule has 1 aliphatic rings. The number of benzene rings is 3. The molecule has 0 atom stereocenters. The van der Waals surface area contributed by atoms with E-state index in [1.807, 2.05) is 66.9 Å². The minimum absolute atomic E-state index is 0.0203. The molecule has 32 heavy (non-hydrogen) atoms. The fraction of sp³-hybridized carbons (Fsp3) is 0.107. The van der Waals surface area contributed by atoms with E-state index in [2.05, 4.69) is 28.2 Å². The Kier molecular flexibility index (Phi) is 5.58. The van der Waals surface area contributed by atoms with E-state index in [4.69, 9.17) is 4.74 Å². The van der Waals surface area contributed by atoms with Crippen LogP contribution in [-0.4, -0.2) is 17.0 Å². The lowest BCUT2D eigenvalue weighted by Crippen LogP contribution is -2.07. The first kappa shape index (κ1) is 19.9. The average Bonchev–Trinajstić information content (AvgIpc) is 3.32. The van der Waals surface area contributed by atoms with Gasteiger partial charge in [-0.15, -0.1) is 0 Å². The van der Waals surface area contributed by atoms with Gasteiger partial charge in [-0.2, -0.15) is 0 Å². The predicted molar refractivity (Wildman–Crippen MR) is 126 cm³/mol. The molecule has 0 amide bonds. The zero-order valence-electron chi connectivity index (χ0n) is 17.6. The summed E-state index contributed by atoms with van der Waals surface area (Å²) in [6.07, 6.45) is 5.63. The second kappa shape index (κ2) is 8.98. The van der Waals surface area contributed by atoms with Crippen LogP contribution in [0.3, 0.4) is 0 Å². The first-order chi connectivity index (χ1) is 15.8. The molecule has 156 valence electrons. The summed E-state index contributed by atoms with van der Waals surface area (Å²) in [7, 11) is 0. The third kappa shape index (κ3) is 4.35. The van der Waals surface area contributed by atoms with Crippen LogP contribution in [-0.2, 0) is 19.6 Å². The monoisotopic (exact) mass is 418 g/mol. The summed E-state index contributed by atoms with van der Waals surface area (Å²) >= 11 is 0. The quantitative estimate of drug-likeness (QED) is 0.363. The minimum atomic E-state index is 0.0203. The number of fused-ring (bicyclic) bond motifs is 1. The smallest absolute Gasteiger partial charge is 0.170 e. The lowest BCUT2D eigenvalue weighted by Gasteiger charge is -2.14. The van der Waals surface area contributed by atoms with Gasteiger partial charge >= 0.3 is 0 Å². The van der Waals surface area contributed by atoms with Gasteiger partial charge in [0.1, 0.15) is 12.4 Å². The van der Waals surface area contributed by atoms with Gasteiger partial charge in [-0.1, -0.05) is 48.5 Å². The Hall–Kier alpha value is -4.05. The second-order valence-electron chi connectivity index (χ2n) is 7.82. The van der Waals surface area contributed by atoms with Crippen molar-refractivity contribution in [2.24, 2.45) is 4.99 Å². The van der Waals surface area contributed by atoms with Gasteiger partial charge in [0.2, 0.25) is 0 Å². The van der Waals surface area contributed by atoms with Crippen LogP contribution >= 0.6 is 0 Å². The van der Waals surface area contributed by atoms with Crippen molar-refractivity contribution in [3.8, 4) is 16.9 Å². The molecule has 0 N–H and O–H groups in total. The number of carbonyl (C=O) groups is 1. The van der Waals surface area contributed by atoms with E-state index in [-0.39, 0.29) is 5.78 Å². The zero-order chi connectivity index (χ0) is 21.8. The number of rotatable bonds is 7. The molecular formula is C28H22N2O2. The number of Topliss-reactive ketones (excluding diaryl/α,β-unsaturated/α-hetero) is 1. The van der Waals surface area contributed by atoms with Crippen molar-refractivity contribution >= 4 is 12.0 Å². The molecule has 0 bridgehead atoms. The molecular weight excluding hydrogens is 396 g/mol. The van der Waals surface area contributed by atoms with Crippen molar-refractivity contribution in [1.82, 2.24) is 4.98 Å². The molecule has 0 unspecified atom stereocenters. The summed E-state index contributed by atoms with van der Waals surface area (Å²) < 4.78 is 6.18. The number of aromatic nitrogens is 1. The van der Waals surface area contributed by atoms with Crippen LogP contribution in [0.25, 0.3) is 11.1 Å². The molecule has 0 fully saturated rings. The first-order valence-corrected chi connectivity index (χ1v) is 10.6. The number of pyridine rings is 1. The van der Waals surface area contributed by atoms with E-state index >= 15 is 0 Å². The highest BCUT2D eigenvalue weighted by molar-refractivity contribution is 6.00. The fourth-order valence-electron chi connectivity index (χ4n) is 3.85. The highest BCUT2D eigenvalue weighted by atomic mass is 16.5. The number of aliphatic imine (C=N–C) groups is 1. The minimum Gasteiger partial charge on any atom is -0.488 e. The molecule has 1 aliphatic heterocycles. The predicted octanol–water partition coefficient (Wildman–Crippen LogP) is 5.69. The largest absolute Gasteiger partial charge is 0.488 e. The molecule has 2 heterocycles. The van der Waals surface area contributed by atoms with Crippen LogP contribution in [0, 0.1) is 0 Å². The first-order valence-electron chi connectivity index (χ1n) is 10.6. The van der Waals surface area contributed by atoms with Crippen molar-refractivity contribution in [3.63, 3.8) is 0 Å². The summed E-state index contributed by atoms with van der Waals surface area (Å²) in [4.78, 5) is 21.5. The number of ketones is 1. The van der Waals surface area contributed by atoms with Crippen LogP contribution in [0.5, 0.6) is 5.75 Å². The molecule has 0 saturated heterocycles. The normalized spacial score (nSPS) is 11.9.